The van der Waals surface area contributed by atoms with Crippen LogP contribution < -0.4 is 0 Å². The lowest BCUT2D eigenvalue weighted by Crippen LogP contribution is -2.44. The monoisotopic (exact) mass is 247 g/mol. The smallest absolute Gasteiger partial charge is 0.272 e. The zero-order valence-electron chi connectivity index (χ0n) is 11.4. The zero-order valence-corrected chi connectivity index (χ0v) is 11.4. The first-order valence-electron chi connectivity index (χ1n) is 6.47. The quantitative estimate of drug-likeness (QED) is 0.795. The van der Waals surface area contributed by atoms with Crippen LogP contribution in [0.2, 0.25) is 0 Å². The third kappa shape index (κ3) is 2.88. The van der Waals surface area contributed by atoms with E-state index in [2.05, 4.69) is 24.0 Å². The van der Waals surface area contributed by atoms with Gasteiger partial charge in [-0.25, -0.2) is 4.98 Å². The summed E-state index contributed by atoms with van der Waals surface area (Å²) < 4.78 is 0. The van der Waals surface area contributed by atoms with Crippen LogP contribution in [-0.2, 0) is 0 Å². The van der Waals surface area contributed by atoms with Gasteiger partial charge in [0.15, 0.2) is 0 Å². The fourth-order valence-corrected chi connectivity index (χ4v) is 2.41. The molecule has 1 aromatic rings. The van der Waals surface area contributed by atoms with Crippen LogP contribution >= 0.6 is 0 Å². The second-order valence-electron chi connectivity index (χ2n) is 5.15. The molecule has 0 spiro atoms. The topological polar surface area (TPSA) is 36.4 Å². The molecule has 0 saturated carbocycles. The van der Waals surface area contributed by atoms with E-state index >= 15 is 0 Å². The maximum absolute atomic E-state index is 12.3. The summed E-state index contributed by atoms with van der Waals surface area (Å²) >= 11 is 0. The number of aromatic nitrogens is 1. The number of likely N-dealkylation sites (tertiary alicyclic amines) is 1. The average molecular weight is 247 g/mol. The van der Waals surface area contributed by atoms with Crippen molar-refractivity contribution in [1.29, 1.82) is 0 Å². The standard InChI is InChI=1S/C14H21N3O/c1-11-5-4-6-13(15-11)14(18)17-9-7-12(8-10-17)16(2)3/h4-6,12H,7-10H2,1-3H3. The molecule has 0 unspecified atom stereocenters. The average Bonchev–Trinajstić information content (AvgIpc) is 2.38. The Labute approximate surface area is 109 Å². The summed E-state index contributed by atoms with van der Waals surface area (Å²) in [5.74, 6) is 0.0657. The Balaban J connectivity index is 1.99. The zero-order chi connectivity index (χ0) is 13.1. The molecule has 1 amide bonds. The third-order valence-corrected chi connectivity index (χ3v) is 3.59. The van der Waals surface area contributed by atoms with Crippen molar-refractivity contribution in [3.63, 3.8) is 0 Å². The minimum Gasteiger partial charge on any atom is -0.337 e. The summed E-state index contributed by atoms with van der Waals surface area (Å²) in [5.41, 5.74) is 1.46. The number of hydrogen-bond donors (Lipinski definition) is 0. The molecule has 0 aliphatic carbocycles. The Bertz CT molecular complexity index is 423. The molecule has 0 N–H and O–H groups in total. The van der Waals surface area contributed by atoms with Gasteiger partial charge in [0.2, 0.25) is 0 Å². The van der Waals surface area contributed by atoms with Crippen molar-refractivity contribution in [3.05, 3.63) is 29.6 Å². The number of carbonyl (C=O) groups excluding carboxylic acids is 1. The molecule has 0 radical (unpaired) electrons. The molecule has 1 aliphatic heterocycles. The normalized spacial score (nSPS) is 17.2. The van der Waals surface area contributed by atoms with Gasteiger partial charge in [-0.2, -0.15) is 0 Å². The van der Waals surface area contributed by atoms with Crippen LogP contribution in [0, 0.1) is 6.92 Å². The molecule has 2 rings (SSSR count). The summed E-state index contributed by atoms with van der Waals surface area (Å²) in [7, 11) is 4.20. The van der Waals surface area contributed by atoms with Crippen LogP contribution in [0.25, 0.3) is 0 Å². The largest absolute Gasteiger partial charge is 0.337 e. The van der Waals surface area contributed by atoms with Crippen LogP contribution in [0.5, 0.6) is 0 Å². The van der Waals surface area contributed by atoms with Crippen molar-refractivity contribution in [2.75, 3.05) is 27.2 Å². The first-order valence-corrected chi connectivity index (χ1v) is 6.47. The van der Waals surface area contributed by atoms with E-state index in [1.807, 2.05) is 24.0 Å². The van der Waals surface area contributed by atoms with Crippen molar-refractivity contribution in [3.8, 4) is 0 Å². The fraction of sp³-hybridized carbons (Fsp3) is 0.571. The van der Waals surface area contributed by atoms with Gasteiger partial charge in [-0.3, -0.25) is 4.79 Å². The summed E-state index contributed by atoms with van der Waals surface area (Å²) in [6.07, 6.45) is 2.09. The SMILES string of the molecule is Cc1cccc(C(=O)N2CCC(N(C)C)CC2)n1. The van der Waals surface area contributed by atoms with Gasteiger partial charge in [0.25, 0.3) is 5.91 Å². The Kier molecular flexibility index (Phi) is 3.97. The van der Waals surface area contributed by atoms with Crippen LogP contribution in [0.4, 0.5) is 0 Å². The number of hydrogen-bond acceptors (Lipinski definition) is 3. The van der Waals surface area contributed by atoms with Gasteiger partial charge in [0, 0.05) is 24.8 Å². The van der Waals surface area contributed by atoms with E-state index in [0.717, 1.165) is 31.6 Å². The molecule has 1 aliphatic rings. The molecule has 98 valence electrons. The first-order chi connectivity index (χ1) is 8.58. The highest BCUT2D eigenvalue weighted by atomic mass is 16.2. The van der Waals surface area contributed by atoms with Gasteiger partial charge in [-0.1, -0.05) is 6.07 Å². The van der Waals surface area contributed by atoms with Crippen LogP contribution in [0.3, 0.4) is 0 Å². The molecular weight excluding hydrogens is 226 g/mol. The Hall–Kier alpha value is -1.42. The van der Waals surface area contributed by atoms with Crippen molar-refractivity contribution >= 4 is 5.91 Å². The summed E-state index contributed by atoms with van der Waals surface area (Å²) in [6.45, 7) is 3.57. The maximum Gasteiger partial charge on any atom is 0.272 e. The van der Waals surface area contributed by atoms with Crippen LogP contribution in [-0.4, -0.2) is 53.9 Å². The third-order valence-electron chi connectivity index (χ3n) is 3.59. The maximum atomic E-state index is 12.3. The van der Waals surface area contributed by atoms with Crippen molar-refractivity contribution in [2.24, 2.45) is 0 Å². The second-order valence-corrected chi connectivity index (χ2v) is 5.15. The summed E-state index contributed by atoms with van der Waals surface area (Å²) in [6, 6.07) is 6.20. The minimum absolute atomic E-state index is 0.0657. The van der Waals surface area contributed by atoms with E-state index in [0.29, 0.717) is 11.7 Å². The lowest BCUT2D eigenvalue weighted by molar-refractivity contribution is 0.0657. The molecule has 1 fully saturated rings. The van der Waals surface area contributed by atoms with Crippen molar-refractivity contribution in [2.45, 2.75) is 25.8 Å². The van der Waals surface area contributed by atoms with Gasteiger partial charge in [-0.05, 0) is 46.0 Å². The van der Waals surface area contributed by atoms with Gasteiger partial charge in [0.05, 0.1) is 0 Å². The van der Waals surface area contributed by atoms with E-state index in [1.165, 1.54) is 0 Å². The molecule has 18 heavy (non-hydrogen) atoms. The Morgan fingerprint density at radius 3 is 2.56 bits per heavy atom. The molecule has 1 saturated heterocycles. The highest BCUT2D eigenvalue weighted by Crippen LogP contribution is 2.16. The molecule has 4 nitrogen and oxygen atoms in total. The molecule has 4 heteroatoms. The summed E-state index contributed by atoms with van der Waals surface area (Å²) in [5, 5.41) is 0. The molecular formula is C14H21N3O. The molecule has 0 bridgehead atoms. The van der Waals surface area contributed by atoms with Gasteiger partial charge in [-0.15, -0.1) is 0 Å². The van der Waals surface area contributed by atoms with E-state index in [-0.39, 0.29) is 5.91 Å². The van der Waals surface area contributed by atoms with E-state index in [9.17, 15) is 4.79 Å². The lowest BCUT2D eigenvalue weighted by Gasteiger charge is -2.35. The van der Waals surface area contributed by atoms with Crippen molar-refractivity contribution in [1.82, 2.24) is 14.8 Å². The predicted molar refractivity (Wildman–Crippen MR) is 71.6 cm³/mol. The number of aryl methyl sites for hydroxylation is 1. The second kappa shape index (κ2) is 5.48. The molecule has 2 heterocycles. The first kappa shape index (κ1) is 13.0. The van der Waals surface area contributed by atoms with E-state index < -0.39 is 0 Å². The highest BCUT2D eigenvalue weighted by molar-refractivity contribution is 5.92. The molecule has 1 aromatic heterocycles. The van der Waals surface area contributed by atoms with Gasteiger partial charge < -0.3 is 9.80 Å². The molecule has 0 atom stereocenters. The lowest BCUT2D eigenvalue weighted by atomic mass is 10.0. The summed E-state index contributed by atoms with van der Waals surface area (Å²) in [4.78, 5) is 20.7. The van der Waals surface area contributed by atoms with E-state index in [1.54, 1.807) is 6.07 Å². The Morgan fingerprint density at radius 1 is 1.33 bits per heavy atom. The predicted octanol–water partition coefficient (Wildman–Crippen LogP) is 1.56. The van der Waals surface area contributed by atoms with Crippen LogP contribution in [0.1, 0.15) is 29.0 Å². The number of pyridine rings is 1. The van der Waals surface area contributed by atoms with Crippen molar-refractivity contribution < 1.29 is 4.79 Å². The Morgan fingerprint density at radius 2 is 2.00 bits per heavy atom. The van der Waals surface area contributed by atoms with Gasteiger partial charge in [0.1, 0.15) is 5.69 Å². The highest BCUT2D eigenvalue weighted by Gasteiger charge is 2.25. The number of amides is 1. The number of carbonyl (C=O) groups is 1. The van der Waals surface area contributed by atoms with Crippen LogP contribution in [0.15, 0.2) is 18.2 Å². The van der Waals surface area contributed by atoms with Gasteiger partial charge >= 0.3 is 0 Å². The fourth-order valence-electron chi connectivity index (χ4n) is 2.41. The minimum atomic E-state index is 0.0657. The number of rotatable bonds is 2. The van der Waals surface area contributed by atoms with E-state index in [4.69, 9.17) is 0 Å². The molecule has 0 aromatic carbocycles. The number of nitrogens with zero attached hydrogens (tertiary/aromatic N) is 3. The number of piperidine rings is 1.